The van der Waals surface area contributed by atoms with Gasteiger partial charge in [0.15, 0.2) is 0 Å². The van der Waals surface area contributed by atoms with Crippen molar-refractivity contribution < 1.29 is 14.6 Å². The maximum Gasteiger partial charge on any atom is 0.306 e. The van der Waals surface area contributed by atoms with Gasteiger partial charge in [-0.05, 0) is 12.8 Å². The maximum absolute atomic E-state index is 10.4. The molecule has 76 valence electrons. The minimum atomic E-state index is -0.790. The van der Waals surface area contributed by atoms with Crippen LogP contribution in [0.1, 0.15) is 26.2 Å². The van der Waals surface area contributed by atoms with Crippen molar-refractivity contribution in [3.05, 3.63) is 0 Å². The van der Waals surface area contributed by atoms with Crippen LogP contribution in [0.5, 0.6) is 0 Å². The van der Waals surface area contributed by atoms with Crippen molar-refractivity contribution in [1.82, 2.24) is 5.32 Å². The number of nitrogens with one attached hydrogen (secondary N) is 1. The first kappa shape index (κ1) is 10.5. The molecule has 1 saturated heterocycles. The van der Waals surface area contributed by atoms with E-state index in [0.29, 0.717) is 19.2 Å². The highest BCUT2D eigenvalue weighted by atomic mass is 16.5. The fourth-order valence-corrected chi connectivity index (χ4v) is 1.51. The van der Waals surface area contributed by atoms with Crippen LogP contribution in [0.4, 0.5) is 0 Å². The molecule has 0 spiro atoms. The largest absolute Gasteiger partial charge is 0.481 e. The van der Waals surface area contributed by atoms with E-state index in [1.165, 1.54) is 0 Å². The average molecular weight is 187 g/mol. The monoisotopic (exact) mass is 187 g/mol. The van der Waals surface area contributed by atoms with E-state index in [1.807, 2.05) is 0 Å². The lowest BCUT2D eigenvalue weighted by Gasteiger charge is -2.13. The highest BCUT2D eigenvalue weighted by Crippen LogP contribution is 2.07. The molecule has 0 saturated carbocycles. The molecular formula is C9H17NO3. The minimum Gasteiger partial charge on any atom is -0.481 e. The molecule has 0 aromatic rings. The van der Waals surface area contributed by atoms with Crippen molar-refractivity contribution in [3.63, 3.8) is 0 Å². The number of hydrogen-bond acceptors (Lipinski definition) is 3. The molecule has 0 aromatic carbocycles. The van der Waals surface area contributed by atoms with Crippen molar-refractivity contribution in [2.45, 2.75) is 38.3 Å². The summed E-state index contributed by atoms with van der Waals surface area (Å²) >= 11 is 0. The van der Waals surface area contributed by atoms with Crippen molar-refractivity contribution >= 4 is 5.97 Å². The summed E-state index contributed by atoms with van der Waals surface area (Å²) in [6.07, 6.45) is 1.99. The summed E-state index contributed by atoms with van der Waals surface area (Å²) in [5, 5.41) is 11.9. The van der Waals surface area contributed by atoms with E-state index in [4.69, 9.17) is 9.84 Å². The molecule has 2 N–H and O–H groups in total. The Morgan fingerprint density at radius 1 is 1.69 bits per heavy atom. The van der Waals surface area contributed by atoms with Crippen LogP contribution in [0.3, 0.4) is 0 Å². The molecule has 1 rings (SSSR count). The summed E-state index contributed by atoms with van der Waals surface area (Å²) < 4.78 is 5.40. The van der Waals surface area contributed by atoms with Crippen molar-refractivity contribution in [2.75, 3.05) is 13.2 Å². The lowest BCUT2D eigenvalue weighted by atomic mass is 10.1. The van der Waals surface area contributed by atoms with Crippen molar-refractivity contribution in [3.8, 4) is 0 Å². The van der Waals surface area contributed by atoms with Gasteiger partial charge in [0, 0.05) is 19.2 Å². The standard InChI is InChI=1S/C9H17NO3/c1-2-7-3-4-13-8(6-10-7)5-9(11)12/h7-8,10H,2-6H2,1H3,(H,11,12). The third kappa shape index (κ3) is 3.74. The van der Waals surface area contributed by atoms with E-state index < -0.39 is 5.97 Å². The molecular weight excluding hydrogens is 170 g/mol. The van der Waals surface area contributed by atoms with Gasteiger partial charge in [-0.15, -0.1) is 0 Å². The first-order valence-electron chi connectivity index (χ1n) is 4.79. The summed E-state index contributed by atoms with van der Waals surface area (Å²) in [7, 11) is 0. The average Bonchev–Trinajstić information content (AvgIpc) is 2.29. The van der Waals surface area contributed by atoms with Crippen LogP contribution in [0, 0.1) is 0 Å². The van der Waals surface area contributed by atoms with Gasteiger partial charge in [0.05, 0.1) is 12.5 Å². The smallest absolute Gasteiger partial charge is 0.306 e. The Balaban J connectivity index is 2.31. The SMILES string of the molecule is CCC1CCOC(CC(=O)O)CN1. The zero-order chi connectivity index (χ0) is 9.68. The van der Waals surface area contributed by atoms with Crippen molar-refractivity contribution in [2.24, 2.45) is 0 Å². The second-order valence-electron chi connectivity index (χ2n) is 3.39. The molecule has 0 radical (unpaired) electrons. The number of hydrogen-bond donors (Lipinski definition) is 2. The normalized spacial score (nSPS) is 29.6. The lowest BCUT2D eigenvalue weighted by molar-refractivity contribution is -0.139. The summed E-state index contributed by atoms with van der Waals surface area (Å²) in [4.78, 5) is 10.4. The molecule has 4 nitrogen and oxygen atoms in total. The van der Waals surface area contributed by atoms with Gasteiger partial charge >= 0.3 is 5.97 Å². The third-order valence-electron chi connectivity index (χ3n) is 2.35. The summed E-state index contributed by atoms with van der Waals surface area (Å²) in [6.45, 7) is 3.45. The number of ether oxygens (including phenoxy) is 1. The fourth-order valence-electron chi connectivity index (χ4n) is 1.51. The number of rotatable bonds is 3. The molecule has 2 unspecified atom stereocenters. The Hall–Kier alpha value is -0.610. The van der Waals surface area contributed by atoms with Crippen LogP contribution in [0.25, 0.3) is 0 Å². The van der Waals surface area contributed by atoms with E-state index in [9.17, 15) is 4.79 Å². The molecule has 1 heterocycles. The minimum absolute atomic E-state index is 0.101. The van der Waals surface area contributed by atoms with Crippen LogP contribution in [0.15, 0.2) is 0 Å². The molecule has 1 aliphatic rings. The zero-order valence-corrected chi connectivity index (χ0v) is 7.95. The van der Waals surface area contributed by atoms with Gasteiger partial charge in [0.25, 0.3) is 0 Å². The highest BCUT2D eigenvalue weighted by Gasteiger charge is 2.19. The molecule has 4 heteroatoms. The Labute approximate surface area is 78.3 Å². The predicted molar refractivity (Wildman–Crippen MR) is 48.7 cm³/mol. The number of carboxylic acid groups (broad SMARTS) is 1. The lowest BCUT2D eigenvalue weighted by Crippen LogP contribution is -2.33. The van der Waals surface area contributed by atoms with Gasteiger partial charge < -0.3 is 15.2 Å². The molecule has 1 fully saturated rings. The van der Waals surface area contributed by atoms with Crippen LogP contribution in [0.2, 0.25) is 0 Å². The summed E-state index contributed by atoms with van der Waals surface area (Å²) in [6, 6.07) is 0.485. The van der Waals surface area contributed by atoms with E-state index in [-0.39, 0.29) is 12.5 Å². The molecule has 0 bridgehead atoms. The zero-order valence-electron chi connectivity index (χ0n) is 7.95. The van der Waals surface area contributed by atoms with E-state index in [2.05, 4.69) is 12.2 Å². The van der Waals surface area contributed by atoms with E-state index >= 15 is 0 Å². The first-order chi connectivity index (χ1) is 6.22. The number of carboxylic acids is 1. The molecule has 2 atom stereocenters. The van der Waals surface area contributed by atoms with Crippen LogP contribution in [-0.4, -0.2) is 36.4 Å². The van der Waals surface area contributed by atoms with Crippen molar-refractivity contribution in [1.29, 1.82) is 0 Å². The molecule has 0 aromatic heterocycles. The van der Waals surface area contributed by atoms with E-state index in [1.54, 1.807) is 0 Å². The van der Waals surface area contributed by atoms with Gasteiger partial charge in [0.2, 0.25) is 0 Å². The van der Waals surface area contributed by atoms with Gasteiger partial charge in [-0.2, -0.15) is 0 Å². The fraction of sp³-hybridized carbons (Fsp3) is 0.889. The van der Waals surface area contributed by atoms with Gasteiger partial charge in [-0.1, -0.05) is 6.92 Å². The second kappa shape index (κ2) is 5.19. The molecule has 0 aliphatic carbocycles. The van der Waals surface area contributed by atoms with Gasteiger partial charge in [-0.25, -0.2) is 0 Å². The Morgan fingerprint density at radius 2 is 2.46 bits per heavy atom. The topological polar surface area (TPSA) is 58.6 Å². The number of carbonyl (C=O) groups is 1. The summed E-state index contributed by atoms with van der Waals surface area (Å²) in [5.74, 6) is -0.790. The van der Waals surface area contributed by atoms with Crippen LogP contribution >= 0.6 is 0 Å². The molecule has 0 amide bonds. The van der Waals surface area contributed by atoms with Gasteiger partial charge in [0.1, 0.15) is 0 Å². The number of aliphatic carboxylic acids is 1. The van der Waals surface area contributed by atoms with E-state index in [0.717, 1.165) is 12.8 Å². The quantitative estimate of drug-likeness (QED) is 0.680. The first-order valence-corrected chi connectivity index (χ1v) is 4.79. The highest BCUT2D eigenvalue weighted by molar-refractivity contribution is 5.67. The maximum atomic E-state index is 10.4. The Bertz CT molecular complexity index is 172. The Kier molecular flexibility index (Phi) is 4.18. The third-order valence-corrected chi connectivity index (χ3v) is 2.35. The van der Waals surface area contributed by atoms with Crippen LogP contribution < -0.4 is 5.32 Å². The van der Waals surface area contributed by atoms with Crippen LogP contribution in [-0.2, 0) is 9.53 Å². The van der Waals surface area contributed by atoms with Gasteiger partial charge in [-0.3, -0.25) is 4.79 Å². The predicted octanol–water partition coefficient (Wildman–Crippen LogP) is 0.618. The molecule has 1 aliphatic heterocycles. The molecule has 13 heavy (non-hydrogen) atoms. The Morgan fingerprint density at radius 3 is 3.08 bits per heavy atom. The summed E-state index contributed by atoms with van der Waals surface area (Å²) in [5.41, 5.74) is 0. The second-order valence-corrected chi connectivity index (χ2v) is 3.39.